The Morgan fingerprint density at radius 1 is 1.14 bits per heavy atom. The first-order valence-electron chi connectivity index (χ1n) is 11.1. The maximum atomic E-state index is 13.0. The fourth-order valence-electron chi connectivity index (χ4n) is 3.95. The second-order valence-electron chi connectivity index (χ2n) is 8.11. The lowest BCUT2D eigenvalue weighted by Crippen LogP contribution is -2.28. The predicted octanol–water partition coefficient (Wildman–Crippen LogP) is 4.34. The summed E-state index contributed by atoms with van der Waals surface area (Å²) in [5, 5.41) is 12.6. The van der Waals surface area contributed by atoms with Crippen molar-refractivity contribution in [3.63, 3.8) is 0 Å². The molecule has 5 rings (SSSR count). The summed E-state index contributed by atoms with van der Waals surface area (Å²) in [6.45, 7) is 2.57. The summed E-state index contributed by atoms with van der Waals surface area (Å²) in [5.41, 5.74) is 2.42. The lowest BCUT2D eigenvalue weighted by Gasteiger charge is -2.08. The Hall–Kier alpha value is -3.95. The topological polar surface area (TPSA) is 108 Å². The van der Waals surface area contributed by atoms with E-state index >= 15 is 0 Å². The van der Waals surface area contributed by atoms with Gasteiger partial charge in [0.2, 0.25) is 0 Å². The zero-order chi connectivity index (χ0) is 25.2. The number of halogens is 2. The minimum atomic E-state index is -0.350. The van der Waals surface area contributed by atoms with Gasteiger partial charge in [-0.25, -0.2) is 9.67 Å². The SMILES string of the molecule is Cc1onc(-c2ccccc2Cl)c1C(=O)NCCn1ncc2c(=O)n(Cc3cccc(Cl)c3)cnc21. The molecule has 5 aromatic rings. The molecule has 0 saturated heterocycles. The van der Waals surface area contributed by atoms with Crippen LogP contribution in [0.4, 0.5) is 0 Å². The first kappa shape index (κ1) is 23.8. The van der Waals surface area contributed by atoms with Gasteiger partial charge >= 0.3 is 0 Å². The van der Waals surface area contributed by atoms with Gasteiger partial charge in [0.1, 0.15) is 28.7 Å². The van der Waals surface area contributed by atoms with Gasteiger partial charge in [-0.3, -0.25) is 14.2 Å². The van der Waals surface area contributed by atoms with Gasteiger partial charge in [0.15, 0.2) is 5.65 Å². The van der Waals surface area contributed by atoms with E-state index in [4.69, 9.17) is 27.7 Å². The number of carbonyl (C=O) groups excluding carboxylic acids is 1. The van der Waals surface area contributed by atoms with Crippen molar-refractivity contribution in [2.24, 2.45) is 0 Å². The Kier molecular flexibility index (Phi) is 6.58. The molecule has 0 radical (unpaired) electrons. The van der Waals surface area contributed by atoms with Crippen LogP contribution in [0, 0.1) is 6.92 Å². The van der Waals surface area contributed by atoms with E-state index in [1.54, 1.807) is 41.9 Å². The number of rotatable bonds is 7. The number of fused-ring (bicyclic) bond motifs is 1. The van der Waals surface area contributed by atoms with Gasteiger partial charge in [-0.15, -0.1) is 0 Å². The van der Waals surface area contributed by atoms with Crippen LogP contribution in [0.25, 0.3) is 22.3 Å². The molecule has 0 atom stereocenters. The maximum Gasteiger partial charge on any atom is 0.264 e. The molecule has 11 heteroatoms. The van der Waals surface area contributed by atoms with Crippen molar-refractivity contribution < 1.29 is 9.32 Å². The average Bonchev–Trinajstić information content (AvgIpc) is 3.45. The molecule has 1 N–H and O–H groups in total. The third-order valence-corrected chi connectivity index (χ3v) is 6.26. The molecule has 9 nitrogen and oxygen atoms in total. The van der Waals surface area contributed by atoms with Crippen LogP contribution in [0.2, 0.25) is 10.0 Å². The van der Waals surface area contributed by atoms with Gasteiger partial charge in [0.05, 0.1) is 24.3 Å². The predicted molar refractivity (Wildman–Crippen MR) is 136 cm³/mol. The smallest absolute Gasteiger partial charge is 0.264 e. The van der Waals surface area contributed by atoms with Gasteiger partial charge < -0.3 is 9.84 Å². The van der Waals surface area contributed by atoms with Crippen LogP contribution in [0.15, 0.2) is 70.4 Å². The maximum absolute atomic E-state index is 13.0. The number of amides is 1. The first-order valence-corrected chi connectivity index (χ1v) is 11.8. The summed E-state index contributed by atoms with van der Waals surface area (Å²) in [5.74, 6) is 0.0332. The van der Waals surface area contributed by atoms with Crippen molar-refractivity contribution >= 4 is 40.1 Å². The van der Waals surface area contributed by atoms with Crippen molar-refractivity contribution in [2.45, 2.75) is 20.0 Å². The molecular weight excluding hydrogens is 503 g/mol. The lowest BCUT2D eigenvalue weighted by molar-refractivity contribution is 0.0951. The zero-order valence-corrected chi connectivity index (χ0v) is 20.6. The van der Waals surface area contributed by atoms with Crippen LogP contribution in [0.3, 0.4) is 0 Å². The average molecular weight is 523 g/mol. The van der Waals surface area contributed by atoms with E-state index in [2.05, 4.69) is 20.6 Å². The van der Waals surface area contributed by atoms with E-state index < -0.39 is 0 Å². The molecule has 2 aromatic carbocycles. The van der Waals surface area contributed by atoms with Crippen LogP contribution < -0.4 is 10.9 Å². The molecule has 0 bridgehead atoms. The van der Waals surface area contributed by atoms with Crippen LogP contribution >= 0.6 is 23.2 Å². The number of nitrogens with zero attached hydrogens (tertiary/aromatic N) is 5. The number of hydrogen-bond acceptors (Lipinski definition) is 6. The van der Waals surface area contributed by atoms with E-state index in [0.717, 1.165) is 5.56 Å². The highest BCUT2D eigenvalue weighted by Crippen LogP contribution is 2.30. The van der Waals surface area contributed by atoms with Crippen LogP contribution in [0.1, 0.15) is 21.7 Å². The molecule has 0 unspecified atom stereocenters. The number of carbonyl (C=O) groups is 1. The van der Waals surface area contributed by atoms with Gasteiger partial charge in [0, 0.05) is 17.1 Å². The zero-order valence-electron chi connectivity index (χ0n) is 19.1. The van der Waals surface area contributed by atoms with Gasteiger partial charge in [-0.2, -0.15) is 5.10 Å². The van der Waals surface area contributed by atoms with Crippen LogP contribution in [0.5, 0.6) is 0 Å². The minimum Gasteiger partial charge on any atom is -0.360 e. The summed E-state index contributed by atoms with van der Waals surface area (Å²) >= 11 is 12.3. The van der Waals surface area contributed by atoms with E-state index in [1.165, 1.54) is 17.1 Å². The van der Waals surface area contributed by atoms with Crippen molar-refractivity contribution in [1.29, 1.82) is 0 Å². The van der Waals surface area contributed by atoms with Crippen molar-refractivity contribution in [2.75, 3.05) is 6.54 Å². The second kappa shape index (κ2) is 9.96. The number of benzene rings is 2. The quantitative estimate of drug-likeness (QED) is 0.340. The molecule has 3 heterocycles. The normalized spacial score (nSPS) is 11.2. The third-order valence-electron chi connectivity index (χ3n) is 5.69. The van der Waals surface area contributed by atoms with Gasteiger partial charge in [0.25, 0.3) is 11.5 Å². The fourth-order valence-corrected chi connectivity index (χ4v) is 4.38. The summed E-state index contributed by atoms with van der Waals surface area (Å²) < 4.78 is 8.35. The van der Waals surface area contributed by atoms with Crippen molar-refractivity contribution in [3.8, 4) is 11.3 Å². The van der Waals surface area contributed by atoms with E-state index in [9.17, 15) is 9.59 Å². The molecule has 0 saturated carbocycles. The van der Waals surface area contributed by atoms with Crippen LogP contribution in [-0.4, -0.2) is 36.9 Å². The molecule has 0 aliphatic carbocycles. The molecule has 1 amide bonds. The highest BCUT2D eigenvalue weighted by atomic mass is 35.5. The number of hydrogen-bond donors (Lipinski definition) is 1. The Bertz CT molecular complexity index is 1640. The van der Waals surface area contributed by atoms with Gasteiger partial charge in [-0.1, -0.05) is 58.7 Å². The Labute approximate surface area is 215 Å². The molecule has 0 aliphatic heterocycles. The highest BCUT2D eigenvalue weighted by molar-refractivity contribution is 6.33. The van der Waals surface area contributed by atoms with Crippen molar-refractivity contribution in [1.82, 2.24) is 29.8 Å². The largest absolute Gasteiger partial charge is 0.360 e. The summed E-state index contributed by atoms with van der Waals surface area (Å²) in [7, 11) is 0. The highest BCUT2D eigenvalue weighted by Gasteiger charge is 2.23. The standard InChI is InChI=1S/C25H20Cl2N6O3/c1-15-21(22(31-36-15)18-7-2-3-8-20(18)27)24(34)28-9-10-33-23-19(12-30-33)25(35)32(14-29-23)13-16-5-4-6-17(26)11-16/h2-8,11-12,14H,9-10,13H2,1H3,(H,28,34). The second-order valence-corrected chi connectivity index (χ2v) is 8.95. The molecule has 3 aromatic heterocycles. The molecular formula is C25H20Cl2N6O3. The molecule has 182 valence electrons. The minimum absolute atomic E-state index is 0.209. The number of aryl methyl sites for hydroxylation is 1. The lowest BCUT2D eigenvalue weighted by atomic mass is 10.1. The summed E-state index contributed by atoms with van der Waals surface area (Å²) in [6.07, 6.45) is 2.97. The molecule has 36 heavy (non-hydrogen) atoms. The molecule has 0 spiro atoms. The summed E-state index contributed by atoms with van der Waals surface area (Å²) in [6, 6.07) is 14.4. The number of aromatic nitrogens is 5. The van der Waals surface area contributed by atoms with E-state index in [0.29, 0.717) is 56.7 Å². The Morgan fingerprint density at radius 2 is 1.97 bits per heavy atom. The van der Waals surface area contributed by atoms with Gasteiger partial charge in [-0.05, 0) is 30.7 Å². The summed E-state index contributed by atoms with van der Waals surface area (Å²) in [4.78, 5) is 30.3. The Balaban J connectivity index is 1.30. The molecule has 0 aliphatic rings. The fraction of sp³-hybridized carbons (Fsp3) is 0.160. The first-order chi connectivity index (χ1) is 17.4. The molecule has 0 fully saturated rings. The number of nitrogens with one attached hydrogen (secondary N) is 1. The van der Waals surface area contributed by atoms with Crippen LogP contribution in [-0.2, 0) is 13.1 Å². The van der Waals surface area contributed by atoms with E-state index in [-0.39, 0.29) is 18.0 Å². The Morgan fingerprint density at radius 3 is 2.78 bits per heavy atom. The van der Waals surface area contributed by atoms with Crippen molar-refractivity contribution in [3.05, 3.63) is 98.3 Å². The third kappa shape index (κ3) is 4.62. The monoisotopic (exact) mass is 522 g/mol. The van der Waals surface area contributed by atoms with E-state index in [1.807, 2.05) is 18.2 Å².